The first-order chi connectivity index (χ1) is 32.9. The van der Waals surface area contributed by atoms with Gasteiger partial charge in [-0.3, -0.25) is 0 Å². The van der Waals surface area contributed by atoms with Crippen molar-refractivity contribution in [2.24, 2.45) is 0 Å². The van der Waals surface area contributed by atoms with E-state index in [1.807, 2.05) is 0 Å². The SMILES string of the molecule is CCCCCCc1ccc(-c2nnc(-c3ccc(-c4c5ccc(C(C)(C)C)cc5c(-c5ccc(-c6nnc(-c7ccc(CCCCCC)cc7)o6)cc5)c5ccc(C(C)(C)C)cc45)cc3)o2)cc1. The van der Waals surface area contributed by atoms with Gasteiger partial charge in [-0.25, -0.2) is 0 Å². The van der Waals surface area contributed by atoms with E-state index in [1.54, 1.807) is 0 Å². The predicted molar refractivity (Wildman–Crippen MR) is 283 cm³/mol. The van der Waals surface area contributed by atoms with Gasteiger partial charge >= 0.3 is 0 Å². The molecule has 7 aromatic carbocycles. The fourth-order valence-electron chi connectivity index (χ4n) is 9.40. The van der Waals surface area contributed by atoms with E-state index in [4.69, 9.17) is 8.83 Å². The van der Waals surface area contributed by atoms with Crippen LogP contribution in [0.5, 0.6) is 0 Å². The Bertz CT molecular complexity index is 2910. The quantitative estimate of drug-likeness (QED) is 0.0710. The van der Waals surface area contributed by atoms with Crippen molar-refractivity contribution in [2.45, 2.75) is 130 Å². The van der Waals surface area contributed by atoms with E-state index < -0.39 is 0 Å². The van der Waals surface area contributed by atoms with Crippen molar-refractivity contribution in [3.05, 3.63) is 156 Å². The fourth-order valence-corrected chi connectivity index (χ4v) is 9.40. The molecule has 0 spiro atoms. The molecule has 0 saturated carbocycles. The van der Waals surface area contributed by atoms with Gasteiger partial charge in [0.05, 0.1) is 0 Å². The smallest absolute Gasteiger partial charge is 0.248 e. The van der Waals surface area contributed by atoms with E-state index in [0.29, 0.717) is 23.6 Å². The van der Waals surface area contributed by atoms with Crippen molar-refractivity contribution in [2.75, 3.05) is 0 Å². The minimum Gasteiger partial charge on any atom is -0.416 e. The number of hydrogen-bond donors (Lipinski definition) is 0. The molecule has 2 aromatic heterocycles. The number of rotatable bonds is 16. The molecule has 9 rings (SSSR count). The largest absolute Gasteiger partial charge is 0.416 e. The third kappa shape index (κ3) is 10.1. The van der Waals surface area contributed by atoms with E-state index in [0.717, 1.165) is 46.2 Å². The van der Waals surface area contributed by atoms with Crippen LogP contribution in [0.25, 0.3) is 89.6 Å². The Hall–Kier alpha value is -6.66. The maximum atomic E-state index is 6.30. The van der Waals surface area contributed by atoms with Gasteiger partial charge in [-0.15, -0.1) is 20.4 Å². The molecule has 0 aliphatic heterocycles. The van der Waals surface area contributed by atoms with Crippen LogP contribution in [0.1, 0.15) is 129 Å². The van der Waals surface area contributed by atoms with Crippen LogP contribution in [0.3, 0.4) is 0 Å². The lowest BCUT2D eigenvalue weighted by Gasteiger charge is -2.25. The lowest BCUT2D eigenvalue weighted by Crippen LogP contribution is -2.11. The molecule has 0 N–H and O–H groups in total. The molecule has 0 bridgehead atoms. The summed E-state index contributed by atoms with van der Waals surface area (Å²) < 4.78 is 12.6. The molecule has 9 aromatic rings. The molecule has 6 nitrogen and oxygen atoms in total. The van der Waals surface area contributed by atoms with Crippen LogP contribution in [0.4, 0.5) is 0 Å². The summed E-state index contributed by atoms with van der Waals surface area (Å²) in [6.07, 6.45) is 12.2. The van der Waals surface area contributed by atoms with E-state index in [-0.39, 0.29) is 10.8 Å². The molecule has 68 heavy (non-hydrogen) atoms. The zero-order valence-electron chi connectivity index (χ0n) is 41.4. The summed E-state index contributed by atoms with van der Waals surface area (Å²) in [5.41, 5.74) is 13.5. The monoisotopic (exact) mass is 899 g/mol. The molecule has 0 amide bonds. The number of aromatic nitrogens is 4. The zero-order valence-corrected chi connectivity index (χ0v) is 41.4. The van der Waals surface area contributed by atoms with Crippen LogP contribution in [0, 0.1) is 0 Å². The molecule has 0 aliphatic carbocycles. The highest BCUT2D eigenvalue weighted by atomic mass is 16.4. The zero-order chi connectivity index (χ0) is 47.4. The van der Waals surface area contributed by atoms with Crippen molar-refractivity contribution in [1.82, 2.24) is 20.4 Å². The van der Waals surface area contributed by atoms with Crippen LogP contribution in [-0.2, 0) is 23.7 Å². The number of aryl methyl sites for hydroxylation is 2. The van der Waals surface area contributed by atoms with Gasteiger partial charge in [0.2, 0.25) is 23.6 Å². The Morgan fingerprint density at radius 2 is 0.647 bits per heavy atom. The minimum atomic E-state index is -0.0496. The molecule has 2 heterocycles. The maximum Gasteiger partial charge on any atom is 0.248 e. The van der Waals surface area contributed by atoms with Crippen LogP contribution < -0.4 is 0 Å². The molecule has 6 heteroatoms. The van der Waals surface area contributed by atoms with Gasteiger partial charge in [-0.05, 0) is 163 Å². The highest BCUT2D eigenvalue weighted by molar-refractivity contribution is 6.21. The van der Waals surface area contributed by atoms with Gasteiger partial charge in [0.15, 0.2) is 0 Å². The summed E-state index contributed by atoms with van der Waals surface area (Å²) in [4.78, 5) is 0. The van der Waals surface area contributed by atoms with E-state index in [9.17, 15) is 0 Å². The molecule has 0 saturated heterocycles. The molecular weight excluding hydrogens is 833 g/mol. The Labute approximate surface area is 403 Å². The second-order valence-electron chi connectivity index (χ2n) is 20.8. The van der Waals surface area contributed by atoms with Gasteiger partial charge in [0.25, 0.3) is 0 Å². The average Bonchev–Trinajstić information content (AvgIpc) is 4.05. The summed E-state index contributed by atoms with van der Waals surface area (Å²) in [7, 11) is 0. The van der Waals surface area contributed by atoms with Gasteiger partial charge < -0.3 is 8.83 Å². The number of hydrogen-bond acceptors (Lipinski definition) is 6. The minimum absolute atomic E-state index is 0.0496. The summed E-state index contributed by atoms with van der Waals surface area (Å²) in [6, 6.07) is 48.5. The highest BCUT2D eigenvalue weighted by Gasteiger charge is 2.24. The van der Waals surface area contributed by atoms with Crippen molar-refractivity contribution >= 4 is 21.5 Å². The van der Waals surface area contributed by atoms with Crippen LogP contribution in [0.15, 0.2) is 142 Å². The predicted octanol–water partition coefficient (Wildman–Crippen LogP) is 17.6. The number of benzene rings is 7. The first-order valence-corrected chi connectivity index (χ1v) is 25.0. The first-order valence-electron chi connectivity index (χ1n) is 25.0. The van der Waals surface area contributed by atoms with Gasteiger partial charge in [0.1, 0.15) is 0 Å². The van der Waals surface area contributed by atoms with E-state index in [2.05, 4.69) is 209 Å². The van der Waals surface area contributed by atoms with Crippen LogP contribution >= 0.6 is 0 Å². The number of unbranched alkanes of at least 4 members (excludes halogenated alkanes) is 6. The normalized spacial score (nSPS) is 12.1. The molecule has 0 fully saturated rings. The molecule has 0 unspecified atom stereocenters. The van der Waals surface area contributed by atoms with Crippen molar-refractivity contribution < 1.29 is 8.83 Å². The maximum absolute atomic E-state index is 6.30. The highest BCUT2D eigenvalue weighted by Crippen LogP contribution is 2.46. The molecular formula is C62H66N4O2. The van der Waals surface area contributed by atoms with E-state index >= 15 is 0 Å². The van der Waals surface area contributed by atoms with E-state index in [1.165, 1.54) is 106 Å². The standard InChI is InChI=1S/C62H66N4O2/c1-9-11-13-15-17-41-19-23-45(24-20-41)57-63-65-59(67-57)47-31-27-43(28-32-47)55-51-37-35-50(62(6,7)8)40-54(51)56(52-38-36-49(39-53(52)55)61(3,4)5)44-29-33-48(34-30-44)60-66-64-58(68-60)46-25-21-42(22-26-46)18-16-14-12-10-2/h19-40H,9-18H2,1-8H3. The van der Waals surface area contributed by atoms with Crippen molar-refractivity contribution in [1.29, 1.82) is 0 Å². The second-order valence-corrected chi connectivity index (χ2v) is 20.8. The second kappa shape index (κ2) is 19.9. The lowest BCUT2D eigenvalue weighted by atomic mass is 9.79. The Morgan fingerprint density at radius 3 is 0.956 bits per heavy atom. The van der Waals surface area contributed by atoms with Gasteiger partial charge in [0, 0.05) is 22.3 Å². The summed E-state index contributed by atoms with van der Waals surface area (Å²) in [5.74, 6) is 2.07. The average molecular weight is 899 g/mol. The van der Waals surface area contributed by atoms with Gasteiger partial charge in [-0.2, -0.15) is 0 Å². The molecule has 0 radical (unpaired) electrons. The molecule has 346 valence electrons. The number of fused-ring (bicyclic) bond motifs is 2. The lowest BCUT2D eigenvalue weighted by molar-refractivity contribution is 0.584. The van der Waals surface area contributed by atoms with Crippen molar-refractivity contribution in [3.63, 3.8) is 0 Å². The fraction of sp³-hybridized carbons (Fsp3) is 0.323. The third-order valence-electron chi connectivity index (χ3n) is 13.6. The van der Waals surface area contributed by atoms with Crippen molar-refractivity contribution in [3.8, 4) is 68.1 Å². The van der Waals surface area contributed by atoms with Gasteiger partial charge in [-0.1, -0.05) is 167 Å². The Morgan fingerprint density at radius 1 is 0.338 bits per heavy atom. The van der Waals surface area contributed by atoms with Crippen LogP contribution in [0.2, 0.25) is 0 Å². The molecule has 0 atom stereocenters. The molecule has 0 aliphatic rings. The number of nitrogens with zero attached hydrogens (tertiary/aromatic N) is 4. The Balaban J connectivity index is 1.07. The summed E-state index contributed by atoms with van der Waals surface area (Å²) in [5, 5.41) is 22.7. The third-order valence-corrected chi connectivity index (χ3v) is 13.6. The summed E-state index contributed by atoms with van der Waals surface area (Å²) >= 11 is 0. The topological polar surface area (TPSA) is 77.8 Å². The Kier molecular flexibility index (Phi) is 13.6. The first kappa shape index (κ1) is 46.5. The summed E-state index contributed by atoms with van der Waals surface area (Å²) in [6.45, 7) is 18.2. The van der Waals surface area contributed by atoms with Crippen LogP contribution in [-0.4, -0.2) is 20.4 Å².